The van der Waals surface area contributed by atoms with E-state index in [2.05, 4.69) is 25.5 Å². The fraction of sp³-hybridized carbons (Fsp3) is 0.273. The Kier molecular flexibility index (Phi) is 5.42. The second-order valence-electron chi connectivity index (χ2n) is 7.62. The number of benzene rings is 2. The maximum absolute atomic E-state index is 13.7. The van der Waals surface area contributed by atoms with E-state index in [0.717, 1.165) is 12.8 Å². The molecule has 5 rings (SSSR count). The molecule has 0 spiro atoms. The first kappa shape index (κ1) is 20.0. The molecule has 1 N–H and O–H groups in total. The molecule has 0 radical (unpaired) electrons. The molecule has 32 heavy (non-hydrogen) atoms. The topological polar surface area (TPSA) is 119 Å². The Morgan fingerprint density at radius 3 is 2.84 bits per heavy atom. The number of nitrogens with zero attached hydrogens (tertiary/aromatic N) is 6. The van der Waals surface area contributed by atoms with Gasteiger partial charge in [-0.05, 0) is 47.5 Å². The number of carbonyl (C=O) groups is 1. The van der Waals surface area contributed by atoms with Crippen LogP contribution >= 0.6 is 0 Å². The highest BCUT2D eigenvalue weighted by Crippen LogP contribution is 2.20. The first-order chi connectivity index (χ1) is 15.7. The number of carbonyl (C=O) groups excluding carboxylic acids is 1. The van der Waals surface area contributed by atoms with Crippen LogP contribution in [0, 0.1) is 0 Å². The molecule has 10 heteroatoms. The summed E-state index contributed by atoms with van der Waals surface area (Å²) in [7, 11) is 0. The lowest BCUT2D eigenvalue weighted by atomic mass is 10.1. The summed E-state index contributed by atoms with van der Waals surface area (Å²) >= 11 is 0. The standard InChI is InChI=1S/C22H21N7O3/c30-21-16-7-1-3-9-18(16)24-20(25-21)13-28(12-15-6-5-11-32-15)22(31)17-8-2-4-10-19(17)29-14-23-26-27-29/h1-4,7-10,14-15H,5-6,11-13H2,(H,24,25,30). The molecule has 2 aromatic heterocycles. The molecule has 0 aliphatic carbocycles. The van der Waals surface area contributed by atoms with E-state index in [4.69, 9.17) is 4.74 Å². The van der Waals surface area contributed by atoms with Crippen LogP contribution in [0.2, 0.25) is 0 Å². The van der Waals surface area contributed by atoms with Crippen molar-refractivity contribution >= 4 is 16.8 Å². The molecular formula is C22H21N7O3. The first-order valence-corrected chi connectivity index (χ1v) is 10.4. The number of para-hydroxylation sites is 2. The van der Waals surface area contributed by atoms with Crippen LogP contribution in [0.15, 0.2) is 59.7 Å². The Labute approximate surface area is 182 Å². The number of nitrogens with one attached hydrogen (secondary N) is 1. The smallest absolute Gasteiger partial charge is 0.258 e. The van der Waals surface area contributed by atoms with Crippen molar-refractivity contribution in [3.8, 4) is 5.69 Å². The minimum atomic E-state index is -0.232. The average molecular weight is 431 g/mol. The minimum Gasteiger partial charge on any atom is -0.376 e. The van der Waals surface area contributed by atoms with E-state index in [-0.39, 0.29) is 24.1 Å². The zero-order chi connectivity index (χ0) is 21.9. The van der Waals surface area contributed by atoms with Crippen molar-refractivity contribution in [3.63, 3.8) is 0 Å². The molecule has 1 saturated heterocycles. The third-order valence-corrected chi connectivity index (χ3v) is 5.47. The predicted octanol–water partition coefficient (Wildman–Crippen LogP) is 1.72. The minimum absolute atomic E-state index is 0.0636. The van der Waals surface area contributed by atoms with Crippen LogP contribution in [0.3, 0.4) is 0 Å². The third kappa shape index (κ3) is 4.00. The summed E-state index contributed by atoms with van der Waals surface area (Å²) in [5.41, 5.74) is 1.37. The number of rotatable bonds is 6. The lowest BCUT2D eigenvalue weighted by Gasteiger charge is -2.26. The van der Waals surface area contributed by atoms with Crippen LogP contribution in [0.4, 0.5) is 0 Å². The van der Waals surface area contributed by atoms with Gasteiger partial charge in [0.2, 0.25) is 0 Å². The van der Waals surface area contributed by atoms with E-state index in [1.165, 1.54) is 11.0 Å². The highest BCUT2D eigenvalue weighted by molar-refractivity contribution is 5.97. The summed E-state index contributed by atoms with van der Waals surface area (Å²) in [5.74, 6) is 0.197. The number of fused-ring (bicyclic) bond motifs is 1. The lowest BCUT2D eigenvalue weighted by Crippen LogP contribution is -2.38. The first-order valence-electron chi connectivity index (χ1n) is 10.4. The van der Waals surface area contributed by atoms with E-state index < -0.39 is 0 Å². The van der Waals surface area contributed by atoms with Gasteiger partial charge in [0.05, 0.1) is 34.8 Å². The summed E-state index contributed by atoms with van der Waals surface area (Å²) in [6, 6.07) is 14.3. The van der Waals surface area contributed by atoms with Crippen LogP contribution in [-0.4, -0.2) is 60.2 Å². The fourth-order valence-electron chi connectivity index (χ4n) is 3.94. The number of ether oxygens (including phenoxy) is 1. The largest absolute Gasteiger partial charge is 0.376 e. The molecular weight excluding hydrogens is 410 g/mol. The maximum Gasteiger partial charge on any atom is 0.258 e. The number of aromatic amines is 1. The van der Waals surface area contributed by atoms with E-state index in [1.807, 2.05) is 12.1 Å². The van der Waals surface area contributed by atoms with E-state index >= 15 is 0 Å². The van der Waals surface area contributed by atoms with Crippen molar-refractivity contribution in [2.24, 2.45) is 0 Å². The van der Waals surface area contributed by atoms with Gasteiger partial charge in [-0.2, -0.15) is 4.68 Å². The normalized spacial score (nSPS) is 15.8. The van der Waals surface area contributed by atoms with Crippen LogP contribution < -0.4 is 5.56 Å². The molecule has 1 atom stereocenters. The summed E-state index contributed by atoms with van der Waals surface area (Å²) in [4.78, 5) is 35.2. The molecule has 1 fully saturated rings. The second-order valence-corrected chi connectivity index (χ2v) is 7.62. The molecule has 1 aliphatic heterocycles. The Bertz CT molecular complexity index is 1300. The number of hydrogen-bond acceptors (Lipinski definition) is 7. The molecule has 0 saturated carbocycles. The number of H-pyrrole nitrogens is 1. The molecule has 1 amide bonds. The SMILES string of the molecule is O=C(c1ccccc1-n1cnnn1)N(Cc1nc2ccccc2c(=O)[nH]1)CC1CCCO1. The second kappa shape index (κ2) is 8.67. The quantitative estimate of drug-likeness (QED) is 0.494. The number of hydrogen-bond donors (Lipinski definition) is 1. The molecule has 1 aliphatic rings. The van der Waals surface area contributed by atoms with E-state index in [9.17, 15) is 9.59 Å². The van der Waals surface area contributed by atoms with Gasteiger partial charge in [-0.25, -0.2) is 4.98 Å². The van der Waals surface area contributed by atoms with Gasteiger partial charge in [0, 0.05) is 13.2 Å². The van der Waals surface area contributed by atoms with Gasteiger partial charge in [-0.3, -0.25) is 9.59 Å². The van der Waals surface area contributed by atoms with Crippen LogP contribution in [0.25, 0.3) is 16.6 Å². The van der Waals surface area contributed by atoms with Crippen LogP contribution in [-0.2, 0) is 11.3 Å². The van der Waals surface area contributed by atoms with Crippen molar-refractivity contribution in [3.05, 3.63) is 76.6 Å². The average Bonchev–Trinajstić information content (AvgIpc) is 3.53. The molecule has 2 aromatic carbocycles. The van der Waals surface area contributed by atoms with Crippen molar-refractivity contribution in [1.82, 2.24) is 35.1 Å². The maximum atomic E-state index is 13.7. The Morgan fingerprint density at radius 2 is 2.03 bits per heavy atom. The summed E-state index contributed by atoms with van der Waals surface area (Å²) < 4.78 is 7.23. The third-order valence-electron chi connectivity index (χ3n) is 5.47. The molecule has 4 aromatic rings. The number of amides is 1. The number of tetrazole rings is 1. The highest BCUT2D eigenvalue weighted by Gasteiger charge is 2.26. The molecule has 0 bridgehead atoms. The van der Waals surface area contributed by atoms with Crippen molar-refractivity contribution < 1.29 is 9.53 Å². The van der Waals surface area contributed by atoms with Gasteiger partial charge >= 0.3 is 0 Å². The molecule has 10 nitrogen and oxygen atoms in total. The molecule has 162 valence electrons. The monoisotopic (exact) mass is 431 g/mol. The van der Waals surface area contributed by atoms with E-state index in [1.54, 1.807) is 41.3 Å². The van der Waals surface area contributed by atoms with Gasteiger partial charge < -0.3 is 14.6 Å². The number of aromatic nitrogens is 6. The molecule has 1 unspecified atom stereocenters. The summed E-state index contributed by atoms with van der Waals surface area (Å²) in [6.07, 6.45) is 3.21. The van der Waals surface area contributed by atoms with Gasteiger partial charge in [-0.1, -0.05) is 24.3 Å². The van der Waals surface area contributed by atoms with Gasteiger partial charge in [0.1, 0.15) is 12.2 Å². The summed E-state index contributed by atoms with van der Waals surface area (Å²) in [6.45, 7) is 1.21. The Morgan fingerprint density at radius 1 is 1.19 bits per heavy atom. The molecule has 3 heterocycles. The van der Waals surface area contributed by atoms with E-state index in [0.29, 0.717) is 41.1 Å². The highest BCUT2D eigenvalue weighted by atomic mass is 16.5. The fourth-order valence-corrected chi connectivity index (χ4v) is 3.94. The van der Waals surface area contributed by atoms with Crippen molar-refractivity contribution in [2.75, 3.05) is 13.2 Å². The van der Waals surface area contributed by atoms with Crippen LogP contribution in [0.5, 0.6) is 0 Å². The van der Waals surface area contributed by atoms with Crippen LogP contribution in [0.1, 0.15) is 29.0 Å². The Balaban J connectivity index is 1.51. The zero-order valence-electron chi connectivity index (χ0n) is 17.2. The Hall–Kier alpha value is -3.92. The van der Waals surface area contributed by atoms with Gasteiger partial charge in [0.25, 0.3) is 11.5 Å². The van der Waals surface area contributed by atoms with Crippen molar-refractivity contribution in [2.45, 2.75) is 25.5 Å². The lowest BCUT2D eigenvalue weighted by molar-refractivity contribution is 0.0501. The van der Waals surface area contributed by atoms with Gasteiger partial charge in [-0.15, -0.1) is 5.10 Å². The summed E-state index contributed by atoms with van der Waals surface area (Å²) in [5, 5.41) is 11.8. The van der Waals surface area contributed by atoms with Gasteiger partial charge in [0.15, 0.2) is 0 Å². The zero-order valence-corrected chi connectivity index (χ0v) is 17.2. The predicted molar refractivity (Wildman–Crippen MR) is 115 cm³/mol. The van der Waals surface area contributed by atoms with Crippen molar-refractivity contribution in [1.29, 1.82) is 0 Å².